The molecule has 1 aliphatic carbocycles. The van der Waals surface area contributed by atoms with Crippen molar-refractivity contribution in [3.8, 4) is 0 Å². The lowest BCUT2D eigenvalue weighted by Crippen LogP contribution is -2.31. The number of amides is 1. The van der Waals surface area contributed by atoms with E-state index in [4.69, 9.17) is 5.11 Å². The van der Waals surface area contributed by atoms with Crippen LogP contribution >= 0.6 is 0 Å². The number of aliphatic carboxylic acids is 1. The van der Waals surface area contributed by atoms with Gasteiger partial charge in [0, 0.05) is 18.9 Å². The molecule has 0 fully saturated rings. The van der Waals surface area contributed by atoms with E-state index in [1.807, 2.05) is 0 Å². The molecule has 0 radical (unpaired) electrons. The second-order valence-corrected chi connectivity index (χ2v) is 4.12. The number of hydrogen-bond donors (Lipinski definition) is 2. The monoisotopic (exact) mass is 225 g/mol. The van der Waals surface area contributed by atoms with Crippen molar-refractivity contribution in [1.82, 2.24) is 5.32 Å². The van der Waals surface area contributed by atoms with Gasteiger partial charge in [0.1, 0.15) is 0 Å². The molecule has 0 aromatic rings. The fourth-order valence-corrected chi connectivity index (χ4v) is 1.79. The lowest BCUT2D eigenvalue weighted by atomic mass is 9.94. The topological polar surface area (TPSA) is 66.4 Å². The van der Waals surface area contributed by atoms with Crippen LogP contribution in [0.25, 0.3) is 0 Å². The molecule has 0 heterocycles. The number of carboxylic acid groups (broad SMARTS) is 1. The number of carbonyl (C=O) groups is 2. The Kier molecular flexibility index (Phi) is 5.61. The highest BCUT2D eigenvalue weighted by Gasteiger charge is 2.17. The number of allylic oxidation sites excluding steroid dienone is 2. The van der Waals surface area contributed by atoms with Crippen LogP contribution in [0.1, 0.15) is 38.5 Å². The van der Waals surface area contributed by atoms with E-state index in [0.717, 1.165) is 25.7 Å². The normalized spacial score (nSPS) is 19.4. The van der Waals surface area contributed by atoms with Gasteiger partial charge in [-0.1, -0.05) is 12.2 Å². The summed E-state index contributed by atoms with van der Waals surface area (Å²) in [5.74, 6) is -0.548. The van der Waals surface area contributed by atoms with E-state index in [1.165, 1.54) is 0 Å². The average molecular weight is 225 g/mol. The summed E-state index contributed by atoms with van der Waals surface area (Å²) in [6.45, 7) is 0.590. The molecule has 1 atom stereocenters. The summed E-state index contributed by atoms with van der Waals surface area (Å²) in [6.07, 6.45) is 8.45. The minimum atomic E-state index is -0.774. The van der Waals surface area contributed by atoms with Gasteiger partial charge in [-0.15, -0.1) is 0 Å². The lowest BCUT2D eigenvalue weighted by molar-refractivity contribution is -0.137. The quantitative estimate of drug-likeness (QED) is 0.534. The van der Waals surface area contributed by atoms with Crippen LogP contribution in [0.3, 0.4) is 0 Å². The SMILES string of the molecule is O=C(O)CCCCNC(=O)[C@@H]1CC=CCC1. The molecule has 1 rings (SSSR count). The van der Waals surface area contributed by atoms with Crippen LogP contribution in [0.2, 0.25) is 0 Å². The highest BCUT2D eigenvalue weighted by atomic mass is 16.4. The zero-order valence-electron chi connectivity index (χ0n) is 9.45. The van der Waals surface area contributed by atoms with Gasteiger partial charge in [-0.2, -0.15) is 0 Å². The van der Waals surface area contributed by atoms with E-state index in [-0.39, 0.29) is 18.2 Å². The van der Waals surface area contributed by atoms with Crippen molar-refractivity contribution in [2.75, 3.05) is 6.54 Å². The molecule has 0 saturated carbocycles. The molecule has 0 bridgehead atoms. The molecule has 0 unspecified atom stereocenters. The molecule has 4 nitrogen and oxygen atoms in total. The molecule has 2 N–H and O–H groups in total. The third-order valence-electron chi connectivity index (χ3n) is 2.76. The molecule has 16 heavy (non-hydrogen) atoms. The second kappa shape index (κ2) is 7.04. The summed E-state index contributed by atoms with van der Waals surface area (Å²) in [5.41, 5.74) is 0. The smallest absolute Gasteiger partial charge is 0.303 e. The highest BCUT2D eigenvalue weighted by Crippen LogP contribution is 2.17. The van der Waals surface area contributed by atoms with Gasteiger partial charge in [0.05, 0.1) is 0 Å². The van der Waals surface area contributed by atoms with E-state index in [9.17, 15) is 9.59 Å². The molecule has 90 valence electrons. The van der Waals surface area contributed by atoms with Crippen molar-refractivity contribution >= 4 is 11.9 Å². The van der Waals surface area contributed by atoms with Crippen LogP contribution in [-0.2, 0) is 9.59 Å². The average Bonchev–Trinajstić information content (AvgIpc) is 2.29. The zero-order chi connectivity index (χ0) is 11.8. The predicted molar refractivity (Wildman–Crippen MR) is 61.0 cm³/mol. The number of carboxylic acids is 1. The van der Waals surface area contributed by atoms with Crippen LogP contribution in [0.15, 0.2) is 12.2 Å². The van der Waals surface area contributed by atoms with Crippen molar-refractivity contribution in [2.24, 2.45) is 5.92 Å². The Morgan fingerprint density at radius 1 is 1.31 bits per heavy atom. The van der Waals surface area contributed by atoms with E-state index in [0.29, 0.717) is 13.0 Å². The summed E-state index contributed by atoms with van der Waals surface area (Å²) in [7, 11) is 0. The van der Waals surface area contributed by atoms with Crippen LogP contribution in [0.5, 0.6) is 0 Å². The highest BCUT2D eigenvalue weighted by molar-refractivity contribution is 5.78. The Labute approximate surface area is 95.7 Å². The van der Waals surface area contributed by atoms with Gasteiger partial charge in [-0.3, -0.25) is 9.59 Å². The maximum Gasteiger partial charge on any atom is 0.303 e. The molecule has 0 saturated heterocycles. The van der Waals surface area contributed by atoms with Gasteiger partial charge in [0.2, 0.25) is 5.91 Å². The predicted octanol–water partition coefficient (Wildman–Crippen LogP) is 1.71. The van der Waals surface area contributed by atoms with Gasteiger partial charge in [0.15, 0.2) is 0 Å². The zero-order valence-corrected chi connectivity index (χ0v) is 9.45. The standard InChI is InChI=1S/C12H19NO3/c14-11(15)8-4-5-9-13-12(16)10-6-2-1-3-7-10/h1-2,10H,3-9H2,(H,13,16)(H,14,15)/t10-/m1/s1. The first-order valence-electron chi connectivity index (χ1n) is 5.84. The van der Waals surface area contributed by atoms with E-state index in [1.54, 1.807) is 0 Å². The molecule has 0 aliphatic heterocycles. The maximum absolute atomic E-state index is 11.6. The molecule has 1 aliphatic rings. The largest absolute Gasteiger partial charge is 0.481 e. The third kappa shape index (κ3) is 4.96. The summed E-state index contributed by atoms with van der Waals surface area (Å²) in [4.78, 5) is 21.9. The molecule has 0 aromatic carbocycles. The summed E-state index contributed by atoms with van der Waals surface area (Å²) in [6, 6.07) is 0. The van der Waals surface area contributed by atoms with Crippen molar-refractivity contribution < 1.29 is 14.7 Å². The van der Waals surface area contributed by atoms with Gasteiger partial charge in [-0.25, -0.2) is 0 Å². The van der Waals surface area contributed by atoms with E-state index < -0.39 is 5.97 Å². The Morgan fingerprint density at radius 3 is 2.75 bits per heavy atom. The fraction of sp³-hybridized carbons (Fsp3) is 0.667. The Bertz CT molecular complexity index is 273. The number of unbranched alkanes of at least 4 members (excludes halogenated alkanes) is 1. The number of carbonyl (C=O) groups excluding carboxylic acids is 1. The number of hydrogen-bond acceptors (Lipinski definition) is 2. The van der Waals surface area contributed by atoms with Gasteiger partial charge in [0.25, 0.3) is 0 Å². The van der Waals surface area contributed by atoms with Gasteiger partial charge in [-0.05, 0) is 32.1 Å². The van der Waals surface area contributed by atoms with Gasteiger partial charge >= 0.3 is 5.97 Å². The van der Waals surface area contributed by atoms with Crippen LogP contribution < -0.4 is 5.32 Å². The Morgan fingerprint density at radius 2 is 2.12 bits per heavy atom. The molecule has 0 spiro atoms. The number of nitrogens with one attached hydrogen (secondary N) is 1. The van der Waals surface area contributed by atoms with E-state index >= 15 is 0 Å². The fourth-order valence-electron chi connectivity index (χ4n) is 1.79. The molecular weight excluding hydrogens is 206 g/mol. The molecular formula is C12H19NO3. The molecule has 1 amide bonds. The van der Waals surface area contributed by atoms with E-state index in [2.05, 4.69) is 17.5 Å². The lowest BCUT2D eigenvalue weighted by Gasteiger charge is -2.17. The summed E-state index contributed by atoms with van der Waals surface area (Å²) < 4.78 is 0. The van der Waals surface area contributed by atoms with Crippen molar-refractivity contribution in [2.45, 2.75) is 38.5 Å². The minimum absolute atomic E-state index is 0.111. The molecule has 0 aromatic heterocycles. The third-order valence-corrected chi connectivity index (χ3v) is 2.76. The van der Waals surface area contributed by atoms with Crippen LogP contribution in [0, 0.1) is 5.92 Å². The van der Waals surface area contributed by atoms with Crippen molar-refractivity contribution in [3.63, 3.8) is 0 Å². The minimum Gasteiger partial charge on any atom is -0.481 e. The van der Waals surface area contributed by atoms with Crippen LogP contribution in [-0.4, -0.2) is 23.5 Å². The van der Waals surface area contributed by atoms with Crippen molar-refractivity contribution in [3.05, 3.63) is 12.2 Å². The Balaban J connectivity index is 2.06. The first-order chi connectivity index (χ1) is 7.70. The maximum atomic E-state index is 11.6. The molecule has 4 heteroatoms. The van der Waals surface area contributed by atoms with Crippen molar-refractivity contribution in [1.29, 1.82) is 0 Å². The summed E-state index contributed by atoms with van der Waals surface area (Å²) in [5, 5.41) is 11.3. The van der Waals surface area contributed by atoms with Crippen LogP contribution in [0.4, 0.5) is 0 Å². The second-order valence-electron chi connectivity index (χ2n) is 4.12. The first-order valence-corrected chi connectivity index (χ1v) is 5.84. The summed E-state index contributed by atoms with van der Waals surface area (Å²) >= 11 is 0. The van der Waals surface area contributed by atoms with Gasteiger partial charge < -0.3 is 10.4 Å². The number of rotatable bonds is 6. The first kappa shape index (κ1) is 12.7. The Hall–Kier alpha value is -1.32.